The minimum atomic E-state index is -0.449. The molecule has 0 aliphatic carbocycles. The summed E-state index contributed by atoms with van der Waals surface area (Å²) >= 11 is 0. The van der Waals surface area contributed by atoms with Crippen molar-refractivity contribution < 1.29 is 14.1 Å². The lowest BCUT2D eigenvalue weighted by molar-refractivity contribution is 0.0187. The molecular formula is C18H31N3O3. The Morgan fingerprint density at radius 2 is 2.17 bits per heavy atom. The molecule has 1 N–H and O–H groups in total. The standard InChI is InChI=1S/C18H31N3O3/c1-12(16-13(2)20-24-14(16)3)10-19-15-8-7-9-21(11-15)17(22)23-18(4,5)6/h12,15,19H,7-11H2,1-6H3/t12-,15+/m1/s1. The third-order valence-corrected chi connectivity index (χ3v) is 4.37. The van der Waals surface area contributed by atoms with Gasteiger partial charge in [-0.3, -0.25) is 0 Å². The van der Waals surface area contributed by atoms with Crippen LogP contribution in [0.2, 0.25) is 0 Å². The van der Waals surface area contributed by atoms with Crippen molar-refractivity contribution in [3.05, 3.63) is 17.0 Å². The average molecular weight is 337 g/mol. The van der Waals surface area contributed by atoms with Gasteiger partial charge in [0.05, 0.1) is 5.69 Å². The van der Waals surface area contributed by atoms with Crippen molar-refractivity contribution in [3.63, 3.8) is 0 Å². The van der Waals surface area contributed by atoms with Crippen LogP contribution < -0.4 is 5.32 Å². The number of aryl methyl sites for hydroxylation is 2. The number of likely N-dealkylation sites (tertiary alicyclic amines) is 1. The first kappa shape index (κ1) is 18.8. The van der Waals surface area contributed by atoms with E-state index in [2.05, 4.69) is 17.4 Å². The summed E-state index contributed by atoms with van der Waals surface area (Å²) in [5.74, 6) is 1.22. The summed E-state index contributed by atoms with van der Waals surface area (Å²) < 4.78 is 10.7. The molecule has 1 aromatic heterocycles. The lowest BCUT2D eigenvalue weighted by Gasteiger charge is -2.35. The summed E-state index contributed by atoms with van der Waals surface area (Å²) in [5.41, 5.74) is 1.69. The number of aromatic nitrogens is 1. The molecule has 2 atom stereocenters. The van der Waals surface area contributed by atoms with Crippen LogP contribution in [0.4, 0.5) is 4.79 Å². The van der Waals surface area contributed by atoms with Crippen molar-refractivity contribution in [1.29, 1.82) is 0 Å². The number of hydrogen-bond acceptors (Lipinski definition) is 5. The van der Waals surface area contributed by atoms with Crippen LogP contribution in [0.5, 0.6) is 0 Å². The third kappa shape index (κ3) is 4.97. The molecule has 0 unspecified atom stereocenters. The van der Waals surface area contributed by atoms with E-state index < -0.39 is 5.60 Å². The fourth-order valence-corrected chi connectivity index (χ4v) is 3.28. The predicted octanol–water partition coefficient (Wildman–Crippen LogP) is 3.38. The Morgan fingerprint density at radius 1 is 1.46 bits per heavy atom. The topological polar surface area (TPSA) is 67.6 Å². The summed E-state index contributed by atoms with van der Waals surface area (Å²) in [7, 11) is 0. The molecule has 24 heavy (non-hydrogen) atoms. The zero-order valence-corrected chi connectivity index (χ0v) is 15.8. The van der Waals surface area contributed by atoms with Crippen LogP contribution in [0.25, 0.3) is 0 Å². The fraction of sp³-hybridized carbons (Fsp3) is 0.778. The lowest BCUT2D eigenvalue weighted by atomic mass is 9.98. The smallest absolute Gasteiger partial charge is 0.410 e. The number of amides is 1. The first-order valence-corrected chi connectivity index (χ1v) is 8.81. The van der Waals surface area contributed by atoms with Crippen molar-refractivity contribution in [1.82, 2.24) is 15.4 Å². The molecule has 0 bridgehead atoms. The van der Waals surface area contributed by atoms with Gasteiger partial charge in [-0.15, -0.1) is 0 Å². The first-order chi connectivity index (χ1) is 11.2. The molecule has 2 rings (SSSR count). The maximum atomic E-state index is 12.2. The molecule has 1 amide bonds. The third-order valence-electron chi connectivity index (χ3n) is 4.37. The van der Waals surface area contributed by atoms with Gasteiger partial charge in [-0.1, -0.05) is 12.1 Å². The molecular weight excluding hydrogens is 306 g/mol. The van der Waals surface area contributed by atoms with Crippen molar-refractivity contribution in [3.8, 4) is 0 Å². The molecule has 6 nitrogen and oxygen atoms in total. The Labute approximate surface area is 144 Å². The maximum absolute atomic E-state index is 12.2. The van der Waals surface area contributed by atoms with E-state index in [1.165, 1.54) is 5.56 Å². The number of nitrogens with one attached hydrogen (secondary N) is 1. The summed E-state index contributed by atoms with van der Waals surface area (Å²) in [4.78, 5) is 14.0. The maximum Gasteiger partial charge on any atom is 0.410 e. The van der Waals surface area contributed by atoms with Gasteiger partial charge in [0.2, 0.25) is 0 Å². The highest BCUT2D eigenvalue weighted by Crippen LogP contribution is 2.23. The highest BCUT2D eigenvalue weighted by molar-refractivity contribution is 5.68. The van der Waals surface area contributed by atoms with Crippen molar-refractivity contribution in [2.45, 2.75) is 71.9 Å². The minimum absolute atomic E-state index is 0.215. The van der Waals surface area contributed by atoms with E-state index in [0.717, 1.165) is 37.4 Å². The number of rotatable bonds is 4. The van der Waals surface area contributed by atoms with E-state index in [-0.39, 0.29) is 6.09 Å². The Hall–Kier alpha value is -1.56. The number of ether oxygens (including phenoxy) is 1. The predicted molar refractivity (Wildman–Crippen MR) is 93.2 cm³/mol. The number of nitrogens with zero attached hydrogens (tertiary/aromatic N) is 2. The summed E-state index contributed by atoms with van der Waals surface area (Å²) in [6.07, 6.45) is 1.86. The lowest BCUT2D eigenvalue weighted by Crippen LogP contribution is -2.49. The SMILES string of the molecule is Cc1noc(C)c1[C@H](C)CN[C@H]1CCCN(C(=O)OC(C)(C)C)C1. The van der Waals surface area contributed by atoms with Crippen LogP contribution >= 0.6 is 0 Å². The molecule has 1 aromatic rings. The monoisotopic (exact) mass is 337 g/mol. The molecule has 136 valence electrons. The first-order valence-electron chi connectivity index (χ1n) is 8.81. The van der Waals surface area contributed by atoms with Gasteiger partial charge >= 0.3 is 6.09 Å². The van der Waals surface area contributed by atoms with Gasteiger partial charge in [-0.25, -0.2) is 4.79 Å². The second-order valence-electron chi connectivity index (χ2n) is 7.81. The Morgan fingerprint density at radius 3 is 2.75 bits per heavy atom. The van der Waals surface area contributed by atoms with E-state index in [1.807, 2.05) is 39.5 Å². The quantitative estimate of drug-likeness (QED) is 0.912. The highest BCUT2D eigenvalue weighted by atomic mass is 16.6. The Kier molecular flexibility index (Phi) is 5.91. The average Bonchev–Trinajstić information content (AvgIpc) is 2.82. The van der Waals surface area contributed by atoms with Crippen LogP contribution in [0.3, 0.4) is 0 Å². The van der Waals surface area contributed by atoms with E-state index >= 15 is 0 Å². The van der Waals surface area contributed by atoms with Gasteiger partial charge in [-0.05, 0) is 53.4 Å². The van der Waals surface area contributed by atoms with Crippen LogP contribution in [-0.4, -0.2) is 47.4 Å². The minimum Gasteiger partial charge on any atom is -0.444 e. The molecule has 0 saturated carbocycles. The summed E-state index contributed by atoms with van der Waals surface area (Å²) in [6, 6.07) is 0.300. The van der Waals surface area contributed by atoms with Gasteiger partial charge in [0, 0.05) is 31.2 Å². The van der Waals surface area contributed by atoms with E-state index in [1.54, 1.807) is 0 Å². The van der Waals surface area contributed by atoms with Gasteiger partial charge in [0.25, 0.3) is 0 Å². The number of carbonyl (C=O) groups is 1. The molecule has 1 fully saturated rings. The molecule has 6 heteroatoms. The summed E-state index contributed by atoms with van der Waals surface area (Å²) in [6.45, 7) is 14.1. The normalized spacial score (nSPS) is 20.1. The van der Waals surface area contributed by atoms with Crippen LogP contribution in [0.15, 0.2) is 4.52 Å². The molecule has 0 radical (unpaired) electrons. The molecule has 0 spiro atoms. The van der Waals surface area contributed by atoms with Gasteiger partial charge in [-0.2, -0.15) is 0 Å². The zero-order valence-electron chi connectivity index (χ0n) is 15.8. The van der Waals surface area contributed by atoms with Gasteiger partial charge in [0.15, 0.2) is 0 Å². The Balaban J connectivity index is 1.86. The molecule has 0 aromatic carbocycles. The van der Waals surface area contributed by atoms with Gasteiger partial charge in [0.1, 0.15) is 11.4 Å². The highest BCUT2D eigenvalue weighted by Gasteiger charge is 2.28. The van der Waals surface area contributed by atoms with Crippen LogP contribution in [0.1, 0.15) is 63.5 Å². The number of hydrogen-bond donors (Lipinski definition) is 1. The fourth-order valence-electron chi connectivity index (χ4n) is 3.28. The van der Waals surface area contributed by atoms with E-state index in [0.29, 0.717) is 18.5 Å². The van der Waals surface area contributed by atoms with Crippen LogP contribution in [0, 0.1) is 13.8 Å². The largest absolute Gasteiger partial charge is 0.444 e. The second-order valence-corrected chi connectivity index (χ2v) is 7.81. The summed E-state index contributed by atoms with van der Waals surface area (Å²) in [5, 5.41) is 7.62. The van der Waals surface area contributed by atoms with E-state index in [4.69, 9.17) is 9.26 Å². The van der Waals surface area contributed by atoms with Crippen molar-refractivity contribution >= 4 is 6.09 Å². The molecule has 1 saturated heterocycles. The molecule has 1 aliphatic heterocycles. The van der Waals surface area contributed by atoms with E-state index in [9.17, 15) is 4.79 Å². The molecule has 1 aliphatic rings. The number of piperidine rings is 1. The van der Waals surface area contributed by atoms with Crippen molar-refractivity contribution in [2.75, 3.05) is 19.6 Å². The Bertz CT molecular complexity index is 543. The number of carbonyl (C=O) groups excluding carboxylic acids is 1. The molecule has 2 heterocycles. The zero-order chi connectivity index (χ0) is 17.9. The van der Waals surface area contributed by atoms with Gasteiger partial charge < -0.3 is 19.5 Å². The second kappa shape index (κ2) is 7.55. The van der Waals surface area contributed by atoms with Crippen molar-refractivity contribution in [2.24, 2.45) is 0 Å². The van der Waals surface area contributed by atoms with Crippen LogP contribution in [-0.2, 0) is 4.74 Å².